The monoisotopic (exact) mass is 265 g/mol. The Morgan fingerprint density at radius 3 is 3.06 bits per heavy atom. The SMILES string of the molecule is CC(NCC1CCCO1)c1cc2c(s1)CCCC2. The van der Waals surface area contributed by atoms with Crippen molar-refractivity contribution in [2.45, 2.75) is 57.6 Å². The third kappa shape index (κ3) is 2.79. The largest absolute Gasteiger partial charge is 0.377 e. The number of hydrogen-bond acceptors (Lipinski definition) is 3. The number of rotatable bonds is 4. The fourth-order valence-electron chi connectivity index (χ4n) is 2.94. The second-order valence-corrected chi connectivity index (χ2v) is 6.74. The van der Waals surface area contributed by atoms with Crippen LogP contribution < -0.4 is 5.32 Å². The van der Waals surface area contributed by atoms with Gasteiger partial charge in [-0.3, -0.25) is 0 Å². The Kier molecular flexibility index (Phi) is 4.02. The van der Waals surface area contributed by atoms with E-state index < -0.39 is 0 Å². The average molecular weight is 265 g/mol. The van der Waals surface area contributed by atoms with Gasteiger partial charge in [-0.25, -0.2) is 0 Å². The van der Waals surface area contributed by atoms with Gasteiger partial charge in [-0.2, -0.15) is 0 Å². The number of thiophene rings is 1. The molecule has 1 N–H and O–H groups in total. The molecule has 2 unspecified atom stereocenters. The Morgan fingerprint density at radius 1 is 1.39 bits per heavy atom. The molecule has 100 valence electrons. The minimum Gasteiger partial charge on any atom is -0.377 e. The van der Waals surface area contributed by atoms with Gasteiger partial charge >= 0.3 is 0 Å². The number of nitrogens with one attached hydrogen (secondary N) is 1. The zero-order valence-corrected chi connectivity index (χ0v) is 12.0. The number of ether oxygens (including phenoxy) is 1. The van der Waals surface area contributed by atoms with E-state index in [1.807, 2.05) is 11.3 Å². The first kappa shape index (κ1) is 12.6. The molecule has 2 nitrogen and oxygen atoms in total. The predicted molar refractivity (Wildman–Crippen MR) is 76.4 cm³/mol. The molecule has 0 amide bonds. The summed E-state index contributed by atoms with van der Waals surface area (Å²) in [4.78, 5) is 3.15. The summed E-state index contributed by atoms with van der Waals surface area (Å²) in [5.74, 6) is 0. The minimum atomic E-state index is 0.446. The van der Waals surface area contributed by atoms with Gasteiger partial charge in [0, 0.05) is 28.9 Å². The van der Waals surface area contributed by atoms with E-state index in [1.165, 1.54) is 43.4 Å². The molecule has 3 rings (SSSR count). The van der Waals surface area contributed by atoms with Crippen LogP contribution in [0.3, 0.4) is 0 Å². The molecular weight excluding hydrogens is 242 g/mol. The maximum atomic E-state index is 5.66. The van der Waals surface area contributed by atoms with Crippen LogP contribution in [-0.2, 0) is 17.6 Å². The van der Waals surface area contributed by atoms with Crippen molar-refractivity contribution in [3.8, 4) is 0 Å². The van der Waals surface area contributed by atoms with E-state index >= 15 is 0 Å². The third-order valence-corrected chi connectivity index (χ3v) is 5.54. The topological polar surface area (TPSA) is 21.3 Å². The highest BCUT2D eigenvalue weighted by atomic mass is 32.1. The Morgan fingerprint density at radius 2 is 2.28 bits per heavy atom. The molecule has 0 radical (unpaired) electrons. The maximum absolute atomic E-state index is 5.66. The first-order valence-electron chi connectivity index (χ1n) is 7.29. The normalized spacial score (nSPS) is 25.1. The van der Waals surface area contributed by atoms with Crippen LogP contribution in [0.15, 0.2) is 6.07 Å². The van der Waals surface area contributed by atoms with Crippen LogP contribution in [0, 0.1) is 0 Å². The molecule has 0 bridgehead atoms. The van der Waals surface area contributed by atoms with Gasteiger partial charge in [0.25, 0.3) is 0 Å². The molecule has 0 saturated carbocycles. The van der Waals surface area contributed by atoms with E-state index in [4.69, 9.17) is 4.74 Å². The molecule has 0 aromatic carbocycles. The van der Waals surface area contributed by atoms with Crippen LogP contribution in [-0.4, -0.2) is 19.3 Å². The van der Waals surface area contributed by atoms with E-state index in [0.717, 1.165) is 13.2 Å². The lowest BCUT2D eigenvalue weighted by molar-refractivity contribution is 0.108. The summed E-state index contributed by atoms with van der Waals surface area (Å²) in [6.45, 7) is 4.24. The van der Waals surface area contributed by atoms with Gasteiger partial charge in [-0.05, 0) is 57.1 Å². The second-order valence-electron chi connectivity index (χ2n) is 5.57. The molecule has 1 aliphatic heterocycles. The summed E-state index contributed by atoms with van der Waals surface area (Å²) in [5, 5.41) is 3.64. The summed E-state index contributed by atoms with van der Waals surface area (Å²) in [7, 11) is 0. The molecule has 1 aromatic rings. The number of fused-ring (bicyclic) bond motifs is 1. The van der Waals surface area contributed by atoms with Crippen molar-refractivity contribution in [2.24, 2.45) is 0 Å². The molecule has 2 aliphatic rings. The van der Waals surface area contributed by atoms with Gasteiger partial charge in [0.2, 0.25) is 0 Å². The Labute approximate surface area is 114 Å². The van der Waals surface area contributed by atoms with E-state index in [-0.39, 0.29) is 0 Å². The number of aryl methyl sites for hydroxylation is 2. The van der Waals surface area contributed by atoms with Crippen molar-refractivity contribution in [1.29, 1.82) is 0 Å². The van der Waals surface area contributed by atoms with Gasteiger partial charge in [0.1, 0.15) is 0 Å². The van der Waals surface area contributed by atoms with E-state index in [1.54, 1.807) is 10.4 Å². The molecule has 2 heterocycles. The van der Waals surface area contributed by atoms with Gasteiger partial charge in [0.05, 0.1) is 6.10 Å². The lowest BCUT2D eigenvalue weighted by atomic mass is 9.99. The molecular formula is C15H23NOS. The minimum absolute atomic E-state index is 0.446. The van der Waals surface area contributed by atoms with Crippen LogP contribution in [0.1, 0.15) is 54.0 Å². The zero-order valence-electron chi connectivity index (χ0n) is 11.2. The highest BCUT2D eigenvalue weighted by molar-refractivity contribution is 7.12. The highest BCUT2D eigenvalue weighted by Crippen LogP contribution is 2.32. The fourth-order valence-corrected chi connectivity index (χ4v) is 4.23. The predicted octanol–water partition coefficient (Wildman–Crippen LogP) is 3.46. The molecule has 3 heteroatoms. The van der Waals surface area contributed by atoms with Gasteiger partial charge in [-0.15, -0.1) is 11.3 Å². The van der Waals surface area contributed by atoms with Crippen molar-refractivity contribution in [1.82, 2.24) is 5.32 Å². The van der Waals surface area contributed by atoms with Crippen molar-refractivity contribution in [3.63, 3.8) is 0 Å². The Bertz CT molecular complexity index is 372. The smallest absolute Gasteiger partial charge is 0.0700 e. The molecule has 1 aliphatic carbocycles. The average Bonchev–Trinajstić information content (AvgIpc) is 3.04. The van der Waals surface area contributed by atoms with E-state index in [0.29, 0.717) is 12.1 Å². The lowest BCUT2D eigenvalue weighted by Gasteiger charge is -2.15. The van der Waals surface area contributed by atoms with Crippen LogP contribution in [0.4, 0.5) is 0 Å². The standard InChI is InChI=1S/C15H23NOS/c1-11(16-10-13-6-4-8-17-13)15-9-12-5-2-3-7-14(12)18-15/h9,11,13,16H,2-8,10H2,1H3. The van der Waals surface area contributed by atoms with Crippen molar-refractivity contribution in [2.75, 3.05) is 13.2 Å². The van der Waals surface area contributed by atoms with Gasteiger partial charge in [0.15, 0.2) is 0 Å². The second kappa shape index (κ2) is 5.72. The fraction of sp³-hybridized carbons (Fsp3) is 0.733. The van der Waals surface area contributed by atoms with Gasteiger partial charge in [-0.1, -0.05) is 0 Å². The number of hydrogen-bond donors (Lipinski definition) is 1. The summed E-state index contributed by atoms with van der Waals surface area (Å²) >= 11 is 2.02. The molecule has 2 atom stereocenters. The van der Waals surface area contributed by atoms with E-state index in [9.17, 15) is 0 Å². The molecule has 18 heavy (non-hydrogen) atoms. The van der Waals surface area contributed by atoms with Crippen LogP contribution in [0.2, 0.25) is 0 Å². The molecule has 1 saturated heterocycles. The zero-order chi connectivity index (χ0) is 12.4. The first-order chi connectivity index (χ1) is 8.83. The summed E-state index contributed by atoms with van der Waals surface area (Å²) < 4.78 is 5.66. The van der Waals surface area contributed by atoms with Crippen molar-refractivity contribution in [3.05, 3.63) is 21.4 Å². The molecule has 0 spiro atoms. The molecule has 1 aromatic heterocycles. The van der Waals surface area contributed by atoms with E-state index in [2.05, 4.69) is 18.3 Å². The van der Waals surface area contributed by atoms with Crippen LogP contribution in [0.25, 0.3) is 0 Å². The highest BCUT2D eigenvalue weighted by Gasteiger charge is 2.19. The summed E-state index contributed by atoms with van der Waals surface area (Å²) in [6, 6.07) is 2.91. The summed E-state index contributed by atoms with van der Waals surface area (Å²) in [5.41, 5.74) is 1.62. The Hall–Kier alpha value is -0.380. The quantitative estimate of drug-likeness (QED) is 0.900. The van der Waals surface area contributed by atoms with Crippen molar-refractivity contribution < 1.29 is 4.74 Å². The molecule has 1 fully saturated rings. The third-order valence-electron chi connectivity index (χ3n) is 4.12. The van der Waals surface area contributed by atoms with Crippen LogP contribution >= 0.6 is 11.3 Å². The maximum Gasteiger partial charge on any atom is 0.0700 e. The summed E-state index contributed by atoms with van der Waals surface area (Å²) in [6.07, 6.45) is 8.25. The van der Waals surface area contributed by atoms with Crippen molar-refractivity contribution >= 4 is 11.3 Å². The van der Waals surface area contributed by atoms with Gasteiger partial charge < -0.3 is 10.1 Å². The van der Waals surface area contributed by atoms with Crippen LogP contribution in [0.5, 0.6) is 0 Å². The first-order valence-corrected chi connectivity index (χ1v) is 8.11. The lowest BCUT2D eigenvalue weighted by Crippen LogP contribution is -2.28. The Balaban J connectivity index is 1.57.